The monoisotopic (exact) mass is 296 g/mol. The van der Waals surface area contributed by atoms with E-state index in [9.17, 15) is 19.2 Å². The van der Waals surface area contributed by atoms with Crippen LogP contribution in [0.4, 0.5) is 11.4 Å². The number of carbonyl (C=O) groups excluding carboxylic acids is 4. The summed E-state index contributed by atoms with van der Waals surface area (Å²) in [6.07, 6.45) is 2.34. The summed E-state index contributed by atoms with van der Waals surface area (Å²) in [5.41, 5.74) is 1.45. The fourth-order valence-electron chi connectivity index (χ4n) is 2.59. The highest BCUT2D eigenvalue weighted by atomic mass is 16.2. The maximum absolute atomic E-state index is 12.1. The van der Waals surface area contributed by atoms with Crippen LogP contribution in [-0.2, 0) is 19.2 Å². The highest BCUT2D eigenvalue weighted by Crippen LogP contribution is 2.34. The first kappa shape index (κ1) is 13.9. The minimum absolute atomic E-state index is 0.0222. The van der Waals surface area contributed by atoms with E-state index in [4.69, 9.17) is 0 Å². The molecule has 1 aromatic rings. The molecule has 6 heteroatoms. The van der Waals surface area contributed by atoms with Crippen LogP contribution in [0.3, 0.4) is 0 Å². The third-order valence-corrected chi connectivity index (χ3v) is 3.69. The highest BCUT2D eigenvalue weighted by molar-refractivity contribution is 6.30. The highest BCUT2D eigenvalue weighted by Gasteiger charge is 2.36. The molecule has 1 aromatic carbocycles. The zero-order chi connectivity index (χ0) is 16.0. The normalized spacial score (nSPS) is 18.1. The third-order valence-electron chi connectivity index (χ3n) is 3.69. The number of carbonyl (C=O) groups is 4. The van der Waals surface area contributed by atoms with Crippen molar-refractivity contribution in [1.82, 2.24) is 0 Å². The minimum atomic E-state index is -0.456. The van der Waals surface area contributed by atoms with Crippen LogP contribution in [0.2, 0.25) is 0 Å². The van der Waals surface area contributed by atoms with Gasteiger partial charge < -0.3 is 0 Å². The summed E-state index contributed by atoms with van der Waals surface area (Å²) in [6.45, 7) is 5.23. The van der Waals surface area contributed by atoms with E-state index >= 15 is 0 Å². The smallest absolute Gasteiger partial charge is 0.260 e. The quantitative estimate of drug-likeness (QED) is 0.608. The zero-order valence-corrected chi connectivity index (χ0v) is 11.8. The molecule has 0 spiro atoms. The van der Waals surface area contributed by atoms with Crippen LogP contribution in [0.15, 0.2) is 42.5 Å². The van der Waals surface area contributed by atoms with Gasteiger partial charge in [0, 0.05) is 17.7 Å². The number of benzene rings is 1. The number of nitrogens with zero attached hydrogens (tertiary/aromatic N) is 2. The van der Waals surface area contributed by atoms with Crippen molar-refractivity contribution < 1.29 is 19.2 Å². The lowest BCUT2D eigenvalue weighted by Gasteiger charge is -2.22. The summed E-state index contributed by atoms with van der Waals surface area (Å²) < 4.78 is 0. The Kier molecular flexibility index (Phi) is 3.02. The van der Waals surface area contributed by atoms with Crippen LogP contribution in [0.25, 0.3) is 0 Å². The molecule has 1 fully saturated rings. The van der Waals surface area contributed by atoms with Gasteiger partial charge in [0.05, 0.1) is 17.8 Å². The predicted molar refractivity (Wildman–Crippen MR) is 79.1 cm³/mol. The number of hydrogen-bond donors (Lipinski definition) is 0. The number of anilines is 2. The molecule has 0 unspecified atom stereocenters. The fourth-order valence-corrected chi connectivity index (χ4v) is 2.59. The topological polar surface area (TPSA) is 74.8 Å². The van der Waals surface area contributed by atoms with Crippen molar-refractivity contribution >= 4 is 35.0 Å². The van der Waals surface area contributed by atoms with Gasteiger partial charge in [-0.2, -0.15) is 0 Å². The molecule has 0 N–H and O–H groups in total. The first-order chi connectivity index (χ1) is 10.4. The summed E-state index contributed by atoms with van der Waals surface area (Å²) in [4.78, 5) is 49.7. The Morgan fingerprint density at radius 1 is 0.955 bits per heavy atom. The molecular weight excluding hydrogens is 284 g/mol. The lowest BCUT2D eigenvalue weighted by Crippen LogP contribution is -2.32. The summed E-state index contributed by atoms with van der Waals surface area (Å²) in [5.74, 6) is -1.72. The van der Waals surface area contributed by atoms with Crippen LogP contribution < -0.4 is 9.80 Å². The van der Waals surface area contributed by atoms with Crippen LogP contribution in [0.1, 0.15) is 12.0 Å². The van der Waals surface area contributed by atoms with Gasteiger partial charge in [0.2, 0.25) is 5.91 Å². The average Bonchev–Trinajstić information content (AvgIpc) is 2.92. The summed E-state index contributed by atoms with van der Waals surface area (Å²) in [5, 5.41) is 0. The minimum Gasteiger partial charge on any atom is -0.274 e. The van der Waals surface area contributed by atoms with Crippen molar-refractivity contribution in [2.45, 2.75) is 13.3 Å². The van der Waals surface area contributed by atoms with E-state index in [1.807, 2.05) is 0 Å². The second-order valence-corrected chi connectivity index (χ2v) is 5.08. The molecule has 6 nitrogen and oxygen atoms in total. The van der Waals surface area contributed by atoms with E-state index in [0.29, 0.717) is 16.9 Å². The van der Waals surface area contributed by atoms with Gasteiger partial charge in [-0.15, -0.1) is 0 Å². The second kappa shape index (κ2) is 4.77. The summed E-state index contributed by atoms with van der Waals surface area (Å²) >= 11 is 0. The number of amides is 4. The molecule has 0 atom stereocenters. The van der Waals surface area contributed by atoms with Gasteiger partial charge in [-0.1, -0.05) is 12.6 Å². The van der Waals surface area contributed by atoms with Gasteiger partial charge in [0.1, 0.15) is 0 Å². The van der Waals surface area contributed by atoms with Gasteiger partial charge in [-0.25, -0.2) is 9.80 Å². The van der Waals surface area contributed by atoms with Crippen molar-refractivity contribution in [3.8, 4) is 0 Å². The average molecular weight is 296 g/mol. The van der Waals surface area contributed by atoms with Gasteiger partial charge in [0.25, 0.3) is 17.7 Å². The lowest BCUT2D eigenvalue weighted by molar-refractivity contribution is -0.121. The Hall–Kier alpha value is -3.02. The zero-order valence-electron chi connectivity index (χ0n) is 11.8. The maximum atomic E-state index is 12.1. The predicted octanol–water partition coefficient (Wildman–Crippen LogP) is 1.24. The van der Waals surface area contributed by atoms with Crippen molar-refractivity contribution in [1.29, 1.82) is 0 Å². The van der Waals surface area contributed by atoms with Crippen LogP contribution in [-0.4, -0.2) is 23.6 Å². The molecule has 1 saturated heterocycles. The molecule has 0 radical (unpaired) electrons. The van der Waals surface area contributed by atoms with Crippen molar-refractivity contribution in [2.75, 3.05) is 9.80 Å². The van der Waals surface area contributed by atoms with Crippen molar-refractivity contribution in [3.05, 3.63) is 48.1 Å². The molecule has 2 aliphatic heterocycles. The van der Waals surface area contributed by atoms with Gasteiger partial charge >= 0.3 is 0 Å². The van der Waals surface area contributed by atoms with E-state index in [-0.39, 0.29) is 17.9 Å². The SMILES string of the molecule is C=C1CC(=O)N(c2cccc(N3C(=O)C=CC3=O)c2C)C1=O. The third kappa shape index (κ3) is 1.88. The Labute approximate surface area is 126 Å². The van der Waals surface area contributed by atoms with Crippen LogP contribution in [0.5, 0.6) is 0 Å². The van der Waals surface area contributed by atoms with E-state index in [1.165, 1.54) is 12.2 Å². The number of rotatable bonds is 2. The molecule has 0 bridgehead atoms. The van der Waals surface area contributed by atoms with E-state index in [1.54, 1.807) is 25.1 Å². The Bertz CT molecular complexity index is 773. The molecule has 0 aliphatic carbocycles. The maximum Gasteiger partial charge on any atom is 0.260 e. The lowest BCUT2D eigenvalue weighted by atomic mass is 10.1. The molecular formula is C16H12N2O4. The molecule has 0 saturated carbocycles. The molecule has 2 aliphatic rings. The largest absolute Gasteiger partial charge is 0.274 e. The molecule has 2 heterocycles. The first-order valence-electron chi connectivity index (χ1n) is 6.62. The molecule has 22 heavy (non-hydrogen) atoms. The number of hydrogen-bond acceptors (Lipinski definition) is 4. The van der Waals surface area contributed by atoms with Crippen LogP contribution >= 0.6 is 0 Å². The number of imide groups is 2. The first-order valence-corrected chi connectivity index (χ1v) is 6.62. The van der Waals surface area contributed by atoms with Gasteiger partial charge in [-0.05, 0) is 24.6 Å². The Balaban J connectivity index is 2.09. The van der Waals surface area contributed by atoms with Crippen LogP contribution in [0, 0.1) is 6.92 Å². The standard InChI is InChI=1S/C16H12N2O4/c1-9-8-15(21)18(16(9)22)12-5-3-4-11(10(12)2)17-13(19)6-7-14(17)20/h3-7H,1,8H2,2H3. The second-order valence-electron chi connectivity index (χ2n) is 5.08. The summed E-state index contributed by atoms with van der Waals surface area (Å²) in [6, 6.07) is 4.80. The molecule has 0 aromatic heterocycles. The van der Waals surface area contributed by atoms with E-state index in [2.05, 4.69) is 6.58 Å². The van der Waals surface area contributed by atoms with E-state index < -0.39 is 17.7 Å². The van der Waals surface area contributed by atoms with Crippen molar-refractivity contribution in [2.24, 2.45) is 0 Å². The van der Waals surface area contributed by atoms with Gasteiger partial charge in [0.15, 0.2) is 0 Å². The van der Waals surface area contributed by atoms with Gasteiger partial charge in [-0.3, -0.25) is 19.2 Å². The van der Waals surface area contributed by atoms with Crippen molar-refractivity contribution in [3.63, 3.8) is 0 Å². The fraction of sp³-hybridized carbons (Fsp3) is 0.125. The molecule has 3 rings (SSSR count). The summed E-state index contributed by atoms with van der Waals surface area (Å²) in [7, 11) is 0. The Morgan fingerprint density at radius 2 is 1.50 bits per heavy atom. The molecule has 4 amide bonds. The Morgan fingerprint density at radius 3 is 2.00 bits per heavy atom. The van der Waals surface area contributed by atoms with E-state index in [0.717, 1.165) is 9.80 Å². The molecule has 110 valence electrons.